The van der Waals surface area contributed by atoms with Crippen molar-refractivity contribution in [3.63, 3.8) is 0 Å². The summed E-state index contributed by atoms with van der Waals surface area (Å²) in [5, 5.41) is 9.40. The molecule has 6 heteroatoms. The van der Waals surface area contributed by atoms with E-state index < -0.39 is 0 Å². The normalized spacial score (nSPS) is 13.7. The van der Waals surface area contributed by atoms with Gasteiger partial charge >= 0.3 is 0 Å². The molecule has 4 rings (SSSR count). The van der Waals surface area contributed by atoms with Crippen molar-refractivity contribution in [3.05, 3.63) is 95.6 Å². The largest absolute Gasteiger partial charge is 0.508 e. The summed E-state index contributed by atoms with van der Waals surface area (Å²) in [6, 6.07) is 23.2. The Balaban J connectivity index is 1.38. The van der Waals surface area contributed by atoms with Crippen LogP contribution in [0, 0.1) is 0 Å². The summed E-state index contributed by atoms with van der Waals surface area (Å²) in [5.74, 6) is 0.737. The Morgan fingerprint density at radius 1 is 0.742 bits per heavy atom. The summed E-state index contributed by atoms with van der Waals surface area (Å²) in [6.45, 7) is 2.18. The second-order valence-electron chi connectivity index (χ2n) is 7.39. The number of carbonyl (C=O) groups is 2. The molecule has 1 N–H and O–H groups in total. The number of piperazine rings is 1. The number of phenols is 1. The van der Waals surface area contributed by atoms with Gasteiger partial charge in [-0.25, -0.2) is 0 Å². The minimum absolute atomic E-state index is 0.0519. The van der Waals surface area contributed by atoms with Gasteiger partial charge in [-0.15, -0.1) is 0 Å². The lowest BCUT2D eigenvalue weighted by atomic mass is 10.1. The van der Waals surface area contributed by atoms with Crippen LogP contribution in [0.4, 0.5) is 0 Å². The molecular formula is C25H24N2O4. The third-order valence-corrected chi connectivity index (χ3v) is 5.35. The molecular weight excluding hydrogens is 392 g/mol. The highest BCUT2D eigenvalue weighted by Crippen LogP contribution is 2.18. The average molecular weight is 416 g/mol. The third-order valence-electron chi connectivity index (χ3n) is 5.35. The van der Waals surface area contributed by atoms with E-state index in [2.05, 4.69) is 0 Å². The van der Waals surface area contributed by atoms with E-state index in [1.807, 2.05) is 54.6 Å². The lowest BCUT2D eigenvalue weighted by Gasteiger charge is -2.35. The quantitative estimate of drug-likeness (QED) is 0.690. The fraction of sp³-hybridized carbons (Fsp3) is 0.200. The fourth-order valence-corrected chi connectivity index (χ4v) is 3.60. The number of carbonyl (C=O) groups excluding carboxylic acids is 2. The molecule has 1 heterocycles. The zero-order valence-corrected chi connectivity index (χ0v) is 17.1. The molecule has 0 unspecified atom stereocenters. The highest BCUT2D eigenvalue weighted by molar-refractivity contribution is 5.97. The predicted octanol–water partition coefficient (Wildman–Crippen LogP) is 3.57. The van der Waals surface area contributed by atoms with E-state index >= 15 is 0 Å². The van der Waals surface area contributed by atoms with E-state index in [4.69, 9.17) is 4.74 Å². The Morgan fingerprint density at radius 3 is 2.00 bits per heavy atom. The first kappa shape index (κ1) is 20.5. The summed E-state index contributed by atoms with van der Waals surface area (Å²) in [5.41, 5.74) is 1.98. The summed E-state index contributed by atoms with van der Waals surface area (Å²) in [6.07, 6.45) is 0. The first-order valence-electron chi connectivity index (χ1n) is 10.2. The molecule has 3 aromatic rings. The smallest absolute Gasteiger partial charge is 0.254 e. The van der Waals surface area contributed by atoms with E-state index in [1.54, 1.807) is 21.9 Å². The molecule has 1 fully saturated rings. The minimum Gasteiger partial charge on any atom is -0.508 e. The predicted molar refractivity (Wildman–Crippen MR) is 117 cm³/mol. The van der Waals surface area contributed by atoms with Gasteiger partial charge in [-0.2, -0.15) is 0 Å². The first-order chi connectivity index (χ1) is 15.1. The van der Waals surface area contributed by atoms with Gasteiger partial charge in [-0.1, -0.05) is 36.4 Å². The van der Waals surface area contributed by atoms with Gasteiger partial charge in [-0.05, 0) is 42.5 Å². The SMILES string of the molecule is O=C(c1ccc(O)cc1)N1CCN(C(=O)c2ccccc2COc2ccccc2)CC1. The summed E-state index contributed by atoms with van der Waals surface area (Å²) in [7, 11) is 0. The van der Waals surface area contributed by atoms with Gasteiger partial charge in [-0.3, -0.25) is 9.59 Å². The van der Waals surface area contributed by atoms with Crippen LogP contribution in [0.2, 0.25) is 0 Å². The molecule has 1 aliphatic heterocycles. The van der Waals surface area contributed by atoms with Crippen LogP contribution in [0.3, 0.4) is 0 Å². The number of ether oxygens (including phenoxy) is 1. The van der Waals surface area contributed by atoms with Gasteiger partial charge in [0, 0.05) is 42.9 Å². The lowest BCUT2D eigenvalue weighted by molar-refractivity contribution is 0.0534. The number of para-hydroxylation sites is 1. The average Bonchev–Trinajstić information content (AvgIpc) is 2.83. The number of aromatic hydroxyl groups is 1. The second kappa shape index (κ2) is 9.34. The highest BCUT2D eigenvalue weighted by atomic mass is 16.5. The zero-order chi connectivity index (χ0) is 21.6. The van der Waals surface area contributed by atoms with Crippen LogP contribution in [-0.2, 0) is 6.61 Å². The number of rotatable bonds is 5. The first-order valence-corrected chi connectivity index (χ1v) is 10.2. The Kier molecular flexibility index (Phi) is 6.17. The molecule has 31 heavy (non-hydrogen) atoms. The van der Waals surface area contributed by atoms with Crippen molar-refractivity contribution in [2.24, 2.45) is 0 Å². The molecule has 6 nitrogen and oxygen atoms in total. The van der Waals surface area contributed by atoms with Gasteiger partial charge in [0.1, 0.15) is 18.1 Å². The van der Waals surface area contributed by atoms with Crippen molar-refractivity contribution < 1.29 is 19.4 Å². The standard InChI is InChI=1S/C25H24N2O4/c28-21-12-10-19(11-13-21)24(29)26-14-16-27(17-15-26)25(30)23-9-5-4-6-20(23)18-31-22-7-2-1-3-8-22/h1-13,28H,14-18H2. The van der Waals surface area contributed by atoms with Gasteiger partial charge in [0.25, 0.3) is 11.8 Å². The molecule has 0 radical (unpaired) electrons. The van der Waals surface area contributed by atoms with Crippen LogP contribution < -0.4 is 4.74 Å². The van der Waals surface area contributed by atoms with Crippen molar-refractivity contribution in [2.75, 3.05) is 26.2 Å². The Labute approximate surface area is 181 Å². The Bertz CT molecular complexity index is 1040. The molecule has 158 valence electrons. The number of benzene rings is 3. The maximum Gasteiger partial charge on any atom is 0.254 e. The van der Waals surface area contributed by atoms with Crippen molar-refractivity contribution in [2.45, 2.75) is 6.61 Å². The molecule has 0 saturated carbocycles. The van der Waals surface area contributed by atoms with E-state index in [-0.39, 0.29) is 17.6 Å². The van der Waals surface area contributed by atoms with Crippen molar-refractivity contribution in [3.8, 4) is 11.5 Å². The van der Waals surface area contributed by atoms with Gasteiger partial charge in [0.2, 0.25) is 0 Å². The van der Waals surface area contributed by atoms with Crippen molar-refractivity contribution in [1.82, 2.24) is 9.80 Å². The van der Waals surface area contributed by atoms with Gasteiger partial charge < -0.3 is 19.6 Å². The molecule has 0 aliphatic carbocycles. The van der Waals surface area contributed by atoms with E-state index in [0.29, 0.717) is 43.9 Å². The summed E-state index contributed by atoms with van der Waals surface area (Å²) >= 11 is 0. The number of phenolic OH excluding ortho intramolecular Hbond substituents is 1. The second-order valence-corrected chi connectivity index (χ2v) is 7.39. The third kappa shape index (κ3) is 4.86. The number of amides is 2. The van der Waals surface area contributed by atoms with Crippen LogP contribution in [0.5, 0.6) is 11.5 Å². The highest BCUT2D eigenvalue weighted by Gasteiger charge is 2.26. The maximum absolute atomic E-state index is 13.2. The lowest BCUT2D eigenvalue weighted by Crippen LogP contribution is -2.50. The van der Waals surface area contributed by atoms with E-state index in [1.165, 1.54) is 12.1 Å². The van der Waals surface area contributed by atoms with Gasteiger partial charge in [0.15, 0.2) is 0 Å². The van der Waals surface area contributed by atoms with E-state index in [9.17, 15) is 14.7 Å². The molecule has 3 aromatic carbocycles. The number of nitrogens with zero attached hydrogens (tertiary/aromatic N) is 2. The maximum atomic E-state index is 13.2. The molecule has 0 aromatic heterocycles. The fourth-order valence-electron chi connectivity index (χ4n) is 3.60. The molecule has 2 amide bonds. The van der Waals surface area contributed by atoms with Crippen molar-refractivity contribution >= 4 is 11.8 Å². The van der Waals surface area contributed by atoms with Crippen LogP contribution in [-0.4, -0.2) is 52.9 Å². The molecule has 1 aliphatic rings. The molecule has 0 bridgehead atoms. The topological polar surface area (TPSA) is 70.1 Å². The monoisotopic (exact) mass is 416 g/mol. The minimum atomic E-state index is -0.0937. The number of hydrogen-bond acceptors (Lipinski definition) is 4. The molecule has 1 saturated heterocycles. The molecule has 0 atom stereocenters. The van der Waals surface area contributed by atoms with Crippen LogP contribution >= 0.6 is 0 Å². The molecule has 0 spiro atoms. The van der Waals surface area contributed by atoms with E-state index in [0.717, 1.165) is 11.3 Å². The Hall–Kier alpha value is -3.80. The van der Waals surface area contributed by atoms with Crippen LogP contribution in [0.25, 0.3) is 0 Å². The van der Waals surface area contributed by atoms with Crippen LogP contribution in [0.15, 0.2) is 78.9 Å². The van der Waals surface area contributed by atoms with Gasteiger partial charge in [0.05, 0.1) is 0 Å². The summed E-state index contributed by atoms with van der Waals surface area (Å²) in [4.78, 5) is 29.3. The number of hydrogen-bond donors (Lipinski definition) is 1. The summed E-state index contributed by atoms with van der Waals surface area (Å²) < 4.78 is 5.83. The van der Waals surface area contributed by atoms with Crippen molar-refractivity contribution in [1.29, 1.82) is 0 Å². The zero-order valence-electron chi connectivity index (χ0n) is 17.1. The van der Waals surface area contributed by atoms with Crippen LogP contribution in [0.1, 0.15) is 26.3 Å². The Morgan fingerprint density at radius 2 is 1.32 bits per heavy atom.